The van der Waals surface area contributed by atoms with Crippen LogP contribution in [0, 0.1) is 5.92 Å². The number of hydrogen-bond donors (Lipinski definition) is 2. The summed E-state index contributed by atoms with van der Waals surface area (Å²) in [5.74, 6) is 1.11. The highest BCUT2D eigenvalue weighted by molar-refractivity contribution is 5.94. The molecule has 0 spiro atoms. The molecule has 0 bridgehead atoms. The minimum atomic E-state index is -0.0306. The molecule has 0 radical (unpaired) electrons. The molecule has 1 aromatic carbocycles. The zero-order valence-corrected chi connectivity index (χ0v) is 12.1. The first kappa shape index (κ1) is 14.9. The van der Waals surface area contributed by atoms with Crippen molar-refractivity contribution in [3.05, 3.63) is 29.8 Å². The largest absolute Gasteiger partial charge is 0.494 e. The monoisotopic (exact) mass is 276 g/mol. The summed E-state index contributed by atoms with van der Waals surface area (Å²) in [7, 11) is 0. The highest BCUT2D eigenvalue weighted by Gasteiger charge is 2.25. The van der Waals surface area contributed by atoms with Crippen LogP contribution >= 0.6 is 0 Å². The first-order valence-corrected chi connectivity index (χ1v) is 7.48. The predicted octanol–water partition coefficient (Wildman–Crippen LogP) is 2.33. The molecule has 1 aromatic rings. The van der Waals surface area contributed by atoms with Gasteiger partial charge >= 0.3 is 0 Å². The molecular formula is C16H24N2O2. The first-order chi connectivity index (χ1) is 9.74. The number of ether oxygens (including phenoxy) is 1. The molecule has 1 aliphatic carbocycles. The smallest absolute Gasteiger partial charge is 0.251 e. The molecule has 1 amide bonds. The molecule has 0 aliphatic heterocycles. The van der Waals surface area contributed by atoms with Gasteiger partial charge in [-0.3, -0.25) is 4.79 Å². The van der Waals surface area contributed by atoms with E-state index in [1.165, 1.54) is 12.8 Å². The Bertz CT molecular complexity index is 448. The van der Waals surface area contributed by atoms with Gasteiger partial charge in [-0.05, 0) is 50.4 Å². The van der Waals surface area contributed by atoms with E-state index in [0.29, 0.717) is 24.6 Å². The summed E-state index contributed by atoms with van der Waals surface area (Å²) in [5.41, 5.74) is 6.45. The lowest BCUT2D eigenvalue weighted by Gasteiger charge is -2.31. The second kappa shape index (κ2) is 7.29. The third kappa shape index (κ3) is 3.73. The quantitative estimate of drug-likeness (QED) is 0.867. The maximum atomic E-state index is 12.3. The number of nitrogens with one attached hydrogen (secondary N) is 1. The predicted molar refractivity (Wildman–Crippen MR) is 79.9 cm³/mol. The first-order valence-electron chi connectivity index (χ1n) is 7.48. The number of carbonyl (C=O) groups is 1. The Hall–Kier alpha value is -1.55. The molecule has 4 nitrogen and oxygen atoms in total. The van der Waals surface area contributed by atoms with Crippen LogP contribution in [0.1, 0.15) is 43.0 Å². The Morgan fingerprint density at radius 3 is 2.95 bits per heavy atom. The molecule has 0 heterocycles. The normalized spacial score (nSPS) is 22.3. The number of amides is 1. The van der Waals surface area contributed by atoms with Gasteiger partial charge in [0.25, 0.3) is 5.91 Å². The van der Waals surface area contributed by atoms with Crippen LogP contribution in [0.4, 0.5) is 0 Å². The van der Waals surface area contributed by atoms with E-state index in [2.05, 4.69) is 5.32 Å². The topological polar surface area (TPSA) is 64.3 Å². The van der Waals surface area contributed by atoms with Crippen molar-refractivity contribution < 1.29 is 9.53 Å². The summed E-state index contributed by atoms with van der Waals surface area (Å²) < 4.78 is 5.43. The van der Waals surface area contributed by atoms with Crippen molar-refractivity contribution in [3.8, 4) is 5.75 Å². The van der Waals surface area contributed by atoms with Gasteiger partial charge in [0.15, 0.2) is 0 Å². The van der Waals surface area contributed by atoms with Gasteiger partial charge in [0.05, 0.1) is 6.61 Å². The fourth-order valence-corrected chi connectivity index (χ4v) is 2.83. The molecule has 20 heavy (non-hydrogen) atoms. The zero-order valence-electron chi connectivity index (χ0n) is 12.1. The second-order valence-corrected chi connectivity index (χ2v) is 5.32. The van der Waals surface area contributed by atoms with E-state index in [1.54, 1.807) is 6.07 Å². The van der Waals surface area contributed by atoms with Crippen LogP contribution in [0.3, 0.4) is 0 Å². The third-order valence-electron chi connectivity index (χ3n) is 3.94. The van der Waals surface area contributed by atoms with E-state index in [0.717, 1.165) is 18.6 Å². The highest BCUT2D eigenvalue weighted by atomic mass is 16.5. The van der Waals surface area contributed by atoms with Gasteiger partial charge in [-0.2, -0.15) is 0 Å². The Morgan fingerprint density at radius 1 is 1.40 bits per heavy atom. The van der Waals surface area contributed by atoms with E-state index in [4.69, 9.17) is 10.5 Å². The van der Waals surface area contributed by atoms with Crippen LogP contribution in [0.15, 0.2) is 24.3 Å². The summed E-state index contributed by atoms with van der Waals surface area (Å²) >= 11 is 0. The van der Waals surface area contributed by atoms with Gasteiger partial charge in [0.1, 0.15) is 5.75 Å². The molecular weight excluding hydrogens is 252 g/mol. The number of benzene rings is 1. The minimum Gasteiger partial charge on any atom is -0.494 e. The summed E-state index contributed by atoms with van der Waals surface area (Å²) in [6.45, 7) is 3.17. The average Bonchev–Trinajstić information content (AvgIpc) is 2.48. The number of rotatable bonds is 5. The molecule has 1 fully saturated rings. The zero-order chi connectivity index (χ0) is 14.4. The number of hydrogen-bond acceptors (Lipinski definition) is 3. The van der Waals surface area contributed by atoms with Gasteiger partial charge in [0, 0.05) is 11.6 Å². The SMILES string of the molecule is CCOc1cccc(C(=O)NC2CCCCC2CN)c1. The summed E-state index contributed by atoms with van der Waals surface area (Å²) in [4.78, 5) is 12.3. The van der Waals surface area contributed by atoms with E-state index in [9.17, 15) is 4.79 Å². The Labute approximate surface area is 120 Å². The minimum absolute atomic E-state index is 0.0306. The molecule has 110 valence electrons. The second-order valence-electron chi connectivity index (χ2n) is 5.32. The summed E-state index contributed by atoms with van der Waals surface area (Å²) in [6, 6.07) is 7.53. The Kier molecular flexibility index (Phi) is 5.41. The van der Waals surface area contributed by atoms with Crippen LogP contribution in [0.2, 0.25) is 0 Å². The fourth-order valence-electron chi connectivity index (χ4n) is 2.83. The van der Waals surface area contributed by atoms with Crippen molar-refractivity contribution in [1.82, 2.24) is 5.32 Å². The van der Waals surface area contributed by atoms with Gasteiger partial charge in [-0.1, -0.05) is 18.9 Å². The van der Waals surface area contributed by atoms with Crippen LogP contribution < -0.4 is 15.8 Å². The molecule has 2 unspecified atom stereocenters. The molecule has 0 saturated heterocycles. The van der Waals surface area contributed by atoms with Gasteiger partial charge in [-0.25, -0.2) is 0 Å². The van der Waals surface area contributed by atoms with Crippen molar-refractivity contribution in [2.24, 2.45) is 11.7 Å². The van der Waals surface area contributed by atoms with E-state index < -0.39 is 0 Å². The van der Waals surface area contributed by atoms with Gasteiger partial charge in [-0.15, -0.1) is 0 Å². The maximum Gasteiger partial charge on any atom is 0.251 e. The molecule has 2 atom stereocenters. The lowest BCUT2D eigenvalue weighted by molar-refractivity contribution is 0.0907. The van der Waals surface area contributed by atoms with E-state index >= 15 is 0 Å². The van der Waals surface area contributed by atoms with Crippen LogP contribution in [-0.2, 0) is 0 Å². The van der Waals surface area contributed by atoms with Crippen molar-refractivity contribution in [2.75, 3.05) is 13.2 Å². The molecule has 1 aliphatic rings. The van der Waals surface area contributed by atoms with E-state index in [-0.39, 0.29) is 11.9 Å². The van der Waals surface area contributed by atoms with Gasteiger partial charge < -0.3 is 15.8 Å². The summed E-state index contributed by atoms with van der Waals surface area (Å²) in [5, 5.41) is 3.13. The molecule has 0 aromatic heterocycles. The highest BCUT2D eigenvalue weighted by Crippen LogP contribution is 2.24. The van der Waals surface area contributed by atoms with Crippen LogP contribution in [0.25, 0.3) is 0 Å². The Morgan fingerprint density at radius 2 is 2.20 bits per heavy atom. The lowest BCUT2D eigenvalue weighted by Crippen LogP contribution is -2.44. The van der Waals surface area contributed by atoms with Crippen LogP contribution in [-0.4, -0.2) is 25.1 Å². The van der Waals surface area contributed by atoms with Crippen molar-refractivity contribution in [2.45, 2.75) is 38.6 Å². The van der Waals surface area contributed by atoms with Crippen molar-refractivity contribution in [3.63, 3.8) is 0 Å². The third-order valence-corrected chi connectivity index (χ3v) is 3.94. The Balaban J connectivity index is 2.01. The van der Waals surface area contributed by atoms with E-state index in [1.807, 2.05) is 25.1 Å². The number of carbonyl (C=O) groups excluding carboxylic acids is 1. The van der Waals surface area contributed by atoms with Gasteiger partial charge in [0.2, 0.25) is 0 Å². The average molecular weight is 276 g/mol. The standard InChI is InChI=1S/C16H24N2O2/c1-2-20-14-8-5-7-12(10-14)16(19)18-15-9-4-3-6-13(15)11-17/h5,7-8,10,13,15H,2-4,6,9,11,17H2,1H3,(H,18,19). The molecule has 3 N–H and O–H groups in total. The molecule has 2 rings (SSSR count). The molecule has 4 heteroatoms. The van der Waals surface area contributed by atoms with Crippen molar-refractivity contribution >= 4 is 5.91 Å². The lowest BCUT2D eigenvalue weighted by atomic mass is 9.84. The summed E-state index contributed by atoms with van der Waals surface area (Å²) in [6.07, 6.45) is 4.52. The number of nitrogens with two attached hydrogens (primary N) is 1. The van der Waals surface area contributed by atoms with Crippen LogP contribution in [0.5, 0.6) is 5.75 Å². The fraction of sp³-hybridized carbons (Fsp3) is 0.562. The van der Waals surface area contributed by atoms with Crippen molar-refractivity contribution in [1.29, 1.82) is 0 Å². The maximum absolute atomic E-state index is 12.3. The molecule has 1 saturated carbocycles.